The zero-order valence-corrected chi connectivity index (χ0v) is 11.4. The number of hydrogen-bond donors (Lipinski definition) is 1. The van der Waals surface area contributed by atoms with Gasteiger partial charge in [-0.1, -0.05) is 34.8 Å². The van der Waals surface area contributed by atoms with Gasteiger partial charge in [-0.25, -0.2) is 4.90 Å². The molecule has 2 rings (SSSR count). The molecule has 1 aliphatic rings. The van der Waals surface area contributed by atoms with Crippen molar-refractivity contribution in [2.24, 2.45) is 0 Å². The first kappa shape index (κ1) is 13.0. The molecule has 0 aliphatic carbocycles. The van der Waals surface area contributed by atoms with Gasteiger partial charge in [0.25, 0.3) is 0 Å². The van der Waals surface area contributed by atoms with Crippen LogP contribution in [0.5, 0.6) is 0 Å². The minimum Gasteiger partial charge on any atom is -0.274 e. The summed E-state index contributed by atoms with van der Waals surface area (Å²) in [5.41, 5.74) is 0.171. The van der Waals surface area contributed by atoms with Crippen LogP contribution in [0.2, 0.25) is 15.1 Å². The van der Waals surface area contributed by atoms with E-state index < -0.39 is 11.2 Å². The fraction of sp³-hybridized carbons (Fsp3) is 0.200. The standard InChI is InChI=1S/C10H6Cl3NO2S/c11-4-1-5(12)9(6(13)2-4)14-8(15)3-7(17)10(14)16/h1-2,7,17H,3H2. The smallest absolute Gasteiger partial charge is 0.247 e. The Bertz CT molecular complexity index is 497. The molecule has 1 aliphatic heterocycles. The monoisotopic (exact) mass is 309 g/mol. The predicted molar refractivity (Wildman–Crippen MR) is 71.4 cm³/mol. The van der Waals surface area contributed by atoms with Crippen molar-refractivity contribution in [1.29, 1.82) is 0 Å². The Morgan fingerprint density at radius 3 is 2.12 bits per heavy atom. The maximum atomic E-state index is 11.8. The van der Waals surface area contributed by atoms with Crippen LogP contribution < -0.4 is 4.90 Å². The van der Waals surface area contributed by atoms with Gasteiger partial charge in [0.2, 0.25) is 11.8 Å². The second-order valence-electron chi connectivity index (χ2n) is 3.51. The third-order valence-corrected chi connectivity index (χ3v) is 3.53. The van der Waals surface area contributed by atoms with Gasteiger partial charge in [-0.2, -0.15) is 12.6 Å². The molecule has 0 spiro atoms. The highest BCUT2D eigenvalue weighted by atomic mass is 35.5. The van der Waals surface area contributed by atoms with Crippen LogP contribution in [-0.4, -0.2) is 17.1 Å². The lowest BCUT2D eigenvalue weighted by molar-refractivity contribution is -0.121. The molecule has 1 fully saturated rings. The molecular formula is C10H6Cl3NO2S. The summed E-state index contributed by atoms with van der Waals surface area (Å²) in [5, 5.41) is 0.00819. The van der Waals surface area contributed by atoms with E-state index >= 15 is 0 Å². The fourth-order valence-electron chi connectivity index (χ4n) is 1.60. The molecule has 1 heterocycles. The lowest BCUT2D eigenvalue weighted by atomic mass is 10.3. The number of thiol groups is 1. The van der Waals surface area contributed by atoms with Crippen LogP contribution in [0.4, 0.5) is 5.69 Å². The largest absolute Gasteiger partial charge is 0.274 e. The van der Waals surface area contributed by atoms with E-state index in [1.165, 1.54) is 12.1 Å². The molecule has 1 saturated heterocycles. The Balaban J connectivity index is 2.55. The van der Waals surface area contributed by atoms with E-state index in [0.29, 0.717) is 5.02 Å². The van der Waals surface area contributed by atoms with Gasteiger partial charge in [0.1, 0.15) is 0 Å². The molecule has 1 aromatic carbocycles. The number of hydrogen-bond acceptors (Lipinski definition) is 3. The van der Waals surface area contributed by atoms with Gasteiger partial charge in [0, 0.05) is 11.4 Å². The normalized spacial score (nSPS) is 20.2. The van der Waals surface area contributed by atoms with Crippen LogP contribution in [-0.2, 0) is 9.59 Å². The third-order valence-electron chi connectivity index (χ3n) is 2.33. The number of carbonyl (C=O) groups excluding carboxylic acids is 2. The summed E-state index contributed by atoms with van der Waals surface area (Å²) in [6, 6.07) is 2.85. The molecule has 0 radical (unpaired) electrons. The van der Waals surface area contributed by atoms with E-state index in [0.717, 1.165) is 4.90 Å². The SMILES string of the molecule is O=C1CC(S)C(=O)N1c1c(Cl)cc(Cl)cc1Cl. The lowest BCUT2D eigenvalue weighted by Crippen LogP contribution is -2.31. The van der Waals surface area contributed by atoms with Crippen molar-refractivity contribution in [3.05, 3.63) is 27.2 Å². The van der Waals surface area contributed by atoms with Crippen molar-refractivity contribution in [1.82, 2.24) is 0 Å². The zero-order chi connectivity index (χ0) is 12.7. The first-order valence-electron chi connectivity index (χ1n) is 4.61. The van der Waals surface area contributed by atoms with E-state index in [4.69, 9.17) is 34.8 Å². The van der Waals surface area contributed by atoms with Crippen LogP contribution in [0.25, 0.3) is 0 Å². The third kappa shape index (κ3) is 2.27. The van der Waals surface area contributed by atoms with Gasteiger partial charge in [0.05, 0.1) is 21.0 Å². The van der Waals surface area contributed by atoms with E-state index in [1.54, 1.807) is 0 Å². The molecule has 2 amide bonds. The summed E-state index contributed by atoms with van der Waals surface area (Å²) < 4.78 is 0. The summed E-state index contributed by atoms with van der Waals surface area (Å²) in [4.78, 5) is 24.4. The summed E-state index contributed by atoms with van der Waals surface area (Å²) in [6.07, 6.45) is 0.0389. The van der Waals surface area contributed by atoms with Gasteiger partial charge in [0.15, 0.2) is 0 Å². The molecule has 7 heteroatoms. The number of imide groups is 1. The number of anilines is 1. The van der Waals surface area contributed by atoms with Crippen molar-refractivity contribution >= 4 is 64.9 Å². The van der Waals surface area contributed by atoms with Crippen molar-refractivity contribution in [3.8, 4) is 0 Å². The highest BCUT2D eigenvalue weighted by Crippen LogP contribution is 2.39. The maximum Gasteiger partial charge on any atom is 0.247 e. The van der Waals surface area contributed by atoms with Crippen molar-refractivity contribution in [3.63, 3.8) is 0 Å². The van der Waals surface area contributed by atoms with E-state index in [-0.39, 0.29) is 28.1 Å². The number of halogens is 3. The van der Waals surface area contributed by atoms with Crippen LogP contribution in [0.3, 0.4) is 0 Å². The number of amides is 2. The lowest BCUT2D eigenvalue weighted by Gasteiger charge is -2.17. The van der Waals surface area contributed by atoms with Crippen molar-refractivity contribution in [2.75, 3.05) is 4.90 Å². The zero-order valence-electron chi connectivity index (χ0n) is 8.28. The Kier molecular flexibility index (Phi) is 3.59. The summed E-state index contributed by atoms with van der Waals surface area (Å²) in [6.45, 7) is 0. The van der Waals surface area contributed by atoms with Crippen molar-refractivity contribution in [2.45, 2.75) is 11.7 Å². The minimum absolute atomic E-state index is 0.0389. The molecule has 17 heavy (non-hydrogen) atoms. The van der Waals surface area contributed by atoms with E-state index in [9.17, 15) is 9.59 Å². The molecule has 1 aromatic rings. The molecule has 0 bridgehead atoms. The Hall–Kier alpha value is -0.420. The molecule has 0 saturated carbocycles. The molecule has 90 valence electrons. The Morgan fingerprint density at radius 2 is 1.71 bits per heavy atom. The fourth-order valence-corrected chi connectivity index (χ4v) is 2.86. The first-order chi connectivity index (χ1) is 7.91. The highest BCUT2D eigenvalue weighted by Gasteiger charge is 2.39. The van der Waals surface area contributed by atoms with Gasteiger partial charge in [-0.05, 0) is 12.1 Å². The van der Waals surface area contributed by atoms with E-state index in [2.05, 4.69) is 12.6 Å². The predicted octanol–water partition coefficient (Wildman–Crippen LogP) is 3.21. The second-order valence-corrected chi connectivity index (χ2v) is 5.38. The Labute approximate surface area is 118 Å². The number of carbonyl (C=O) groups is 2. The van der Waals surface area contributed by atoms with Crippen LogP contribution in [0.15, 0.2) is 12.1 Å². The van der Waals surface area contributed by atoms with Crippen LogP contribution in [0.1, 0.15) is 6.42 Å². The average molecular weight is 311 g/mol. The van der Waals surface area contributed by atoms with Gasteiger partial charge in [-0.3, -0.25) is 9.59 Å². The quantitative estimate of drug-likeness (QED) is 0.639. The summed E-state index contributed by atoms with van der Waals surface area (Å²) in [5.74, 6) is -0.800. The van der Waals surface area contributed by atoms with Gasteiger partial charge in [-0.15, -0.1) is 0 Å². The molecule has 0 aromatic heterocycles. The molecule has 1 unspecified atom stereocenters. The molecule has 3 nitrogen and oxygen atoms in total. The second kappa shape index (κ2) is 4.69. The molecule has 1 atom stereocenters. The summed E-state index contributed by atoms with van der Waals surface area (Å²) >= 11 is 21.7. The van der Waals surface area contributed by atoms with Crippen molar-refractivity contribution < 1.29 is 9.59 Å². The Morgan fingerprint density at radius 1 is 1.18 bits per heavy atom. The van der Waals surface area contributed by atoms with E-state index in [1.807, 2.05) is 0 Å². The number of rotatable bonds is 1. The minimum atomic E-state index is -0.648. The maximum absolute atomic E-state index is 11.8. The molecule has 0 N–H and O–H groups in total. The highest BCUT2D eigenvalue weighted by molar-refractivity contribution is 7.82. The average Bonchev–Trinajstić information content (AvgIpc) is 2.43. The number of nitrogens with zero attached hydrogens (tertiary/aromatic N) is 1. The molecular weight excluding hydrogens is 305 g/mol. The number of benzene rings is 1. The van der Waals surface area contributed by atoms with Crippen LogP contribution >= 0.6 is 47.4 Å². The summed E-state index contributed by atoms with van der Waals surface area (Å²) in [7, 11) is 0. The van der Waals surface area contributed by atoms with Gasteiger partial charge >= 0.3 is 0 Å². The topological polar surface area (TPSA) is 37.4 Å². The van der Waals surface area contributed by atoms with Crippen LogP contribution in [0, 0.1) is 0 Å². The first-order valence-corrected chi connectivity index (χ1v) is 6.26. The van der Waals surface area contributed by atoms with Gasteiger partial charge < -0.3 is 0 Å².